The normalized spacial score (nSPS) is 16.4. The lowest BCUT2D eigenvalue weighted by Crippen LogP contribution is -2.43. The van der Waals surface area contributed by atoms with Crippen molar-refractivity contribution in [2.45, 2.75) is 13.2 Å². The van der Waals surface area contributed by atoms with Crippen molar-refractivity contribution >= 4 is 15.9 Å². The molecule has 1 heterocycles. The Morgan fingerprint density at radius 3 is 2.43 bits per heavy atom. The van der Waals surface area contributed by atoms with Crippen LogP contribution in [-0.4, -0.2) is 43.0 Å². The van der Waals surface area contributed by atoms with Crippen molar-refractivity contribution in [2.24, 2.45) is 0 Å². The van der Waals surface area contributed by atoms with Crippen molar-refractivity contribution in [3.05, 3.63) is 64.1 Å². The fourth-order valence-electron chi connectivity index (χ4n) is 2.77. The van der Waals surface area contributed by atoms with Crippen molar-refractivity contribution in [1.29, 1.82) is 0 Å². The average molecular weight is 375 g/mol. The summed E-state index contributed by atoms with van der Waals surface area (Å²) in [7, 11) is 2.19. The molecule has 1 saturated heterocycles. The summed E-state index contributed by atoms with van der Waals surface area (Å²) in [6.45, 7) is 6.09. The van der Waals surface area contributed by atoms with Crippen LogP contribution in [0.1, 0.15) is 11.1 Å². The molecule has 0 aliphatic carbocycles. The third kappa shape index (κ3) is 4.56. The molecular formula is C19H23BrN2O. The summed E-state index contributed by atoms with van der Waals surface area (Å²) >= 11 is 3.73. The van der Waals surface area contributed by atoms with Gasteiger partial charge in [-0.1, -0.05) is 42.5 Å². The maximum Gasteiger partial charge on any atom is 0.134 e. The van der Waals surface area contributed by atoms with E-state index >= 15 is 0 Å². The minimum atomic E-state index is 0.595. The van der Waals surface area contributed by atoms with Gasteiger partial charge in [-0.15, -0.1) is 0 Å². The first-order valence-corrected chi connectivity index (χ1v) is 8.86. The van der Waals surface area contributed by atoms with Crippen LogP contribution in [0.3, 0.4) is 0 Å². The van der Waals surface area contributed by atoms with Crippen LogP contribution in [-0.2, 0) is 13.2 Å². The van der Waals surface area contributed by atoms with Crippen LogP contribution in [0.25, 0.3) is 0 Å². The first-order valence-electron chi connectivity index (χ1n) is 8.07. The molecule has 0 unspecified atom stereocenters. The zero-order chi connectivity index (χ0) is 16.1. The Hall–Kier alpha value is -1.36. The van der Waals surface area contributed by atoms with E-state index in [2.05, 4.69) is 57.0 Å². The van der Waals surface area contributed by atoms with Gasteiger partial charge in [0.2, 0.25) is 0 Å². The van der Waals surface area contributed by atoms with E-state index in [0.717, 1.165) is 42.9 Å². The van der Waals surface area contributed by atoms with Gasteiger partial charge in [-0.2, -0.15) is 0 Å². The van der Waals surface area contributed by atoms with Gasteiger partial charge in [0.25, 0.3) is 0 Å². The van der Waals surface area contributed by atoms with Gasteiger partial charge < -0.3 is 9.64 Å². The van der Waals surface area contributed by atoms with Crippen LogP contribution in [0.4, 0.5) is 0 Å². The highest BCUT2D eigenvalue weighted by atomic mass is 79.9. The molecule has 1 aliphatic rings. The summed E-state index contributed by atoms with van der Waals surface area (Å²) < 4.78 is 7.07. The van der Waals surface area contributed by atoms with E-state index in [1.54, 1.807) is 0 Å². The van der Waals surface area contributed by atoms with Gasteiger partial charge in [0.1, 0.15) is 12.4 Å². The lowest BCUT2D eigenvalue weighted by molar-refractivity contribution is 0.148. The van der Waals surface area contributed by atoms with Crippen LogP contribution in [0.2, 0.25) is 0 Å². The molecule has 1 fully saturated rings. The Bertz CT molecular complexity index is 625. The second-order valence-electron chi connectivity index (χ2n) is 6.08. The SMILES string of the molecule is CN1CCN(Cc2cccc(OCc3ccccc3)c2Br)CC1. The number of halogens is 1. The predicted octanol–water partition coefficient (Wildman–Crippen LogP) is 3.78. The molecule has 0 spiro atoms. The maximum absolute atomic E-state index is 6.00. The van der Waals surface area contributed by atoms with Crippen LogP contribution < -0.4 is 4.74 Å². The molecule has 4 heteroatoms. The molecule has 0 bridgehead atoms. The van der Waals surface area contributed by atoms with Crippen LogP contribution in [0, 0.1) is 0 Å². The first-order chi connectivity index (χ1) is 11.2. The Balaban J connectivity index is 1.63. The van der Waals surface area contributed by atoms with Gasteiger partial charge in [0.15, 0.2) is 0 Å². The van der Waals surface area contributed by atoms with Gasteiger partial charge in [-0.25, -0.2) is 0 Å². The third-order valence-electron chi connectivity index (χ3n) is 4.27. The molecule has 3 nitrogen and oxygen atoms in total. The summed E-state index contributed by atoms with van der Waals surface area (Å²) in [4.78, 5) is 4.88. The Kier molecular flexibility index (Phi) is 5.70. The van der Waals surface area contributed by atoms with Crippen molar-refractivity contribution in [3.8, 4) is 5.75 Å². The van der Waals surface area contributed by atoms with E-state index in [1.807, 2.05) is 24.3 Å². The van der Waals surface area contributed by atoms with Crippen molar-refractivity contribution in [1.82, 2.24) is 9.80 Å². The zero-order valence-corrected chi connectivity index (χ0v) is 15.1. The second kappa shape index (κ2) is 7.95. The number of ether oxygens (including phenoxy) is 1. The molecule has 0 radical (unpaired) electrons. The largest absolute Gasteiger partial charge is 0.488 e. The molecule has 0 amide bonds. The summed E-state index contributed by atoms with van der Waals surface area (Å²) in [6.07, 6.45) is 0. The van der Waals surface area contributed by atoms with Gasteiger partial charge in [-0.05, 0) is 40.2 Å². The van der Waals surface area contributed by atoms with Crippen molar-refractivity contribution in [3.63, 3.8) is 0 Å². The monoisotopic (exact) mass is 374 g/mol. The van der Waals surface area contributed by atoms with Crippen molar-refractivity contribution < 1.29 is 4.74 Å². The Morgan fingerprint density at radius 1 is 0.957 bits per heavy atom. The summed E-state index contributed by atoms with van der Waals surface area (Å²) in [5.74, 6) is 0.917. The highest BCUT2D eigenvalue weighted by Crippen LogP contribution is 2.30. The number of hydrogen-bond donors (Lipinski definition) is 0. The van der Waals surface area contributed by atoms with Crippen LogP contribution >= 0.6 is 15.9 Å². The lowest BCUT2D eigenvalue weighted by atomic mass is 10.2. The molecule has 2 aromatic carbocycles. The molecule has 0 N–H and O–H groups in total. The minimum Gasteiger partial charge on any atom is -0.488 e. The number of hydrogen-bond acceptors (Lipinski definition) is 3. The number of benzene rings is 2. The molecule has 0 aromatic heterocycles. The summed E-state index contributed by atoms with van der Waals surface area (Å²) in [5.41, 5.74) is 2.48. The first kappa shape index (κ1) is 16.5. The lowest BCUT2D eigenvalue weighted by Gasteiger charge is -2.32. The molecule has 122 valence electrons. The van der Waals surface area contributed by atoms with E-state index < -0.39 is 0 Å². The van der Waals surface area contributed by atoms with Gasteiger partial charge >= 0.3 is 0 Å². The highest BCUT2D eigenvalue weighted by molar-refractivity contribution is 9.10. The standard InChI is InChI=1S/C19H23BrN2O/c1-21-10-12-22(13-11-21)14-17-8-5-9-18(19(17)20)23-15-16-6-3-2-4-7-16/h2-9H,10-15H2,1H3. The molecule has 3 rings (SSSR count). The van der Waals surface area contributed by atoms with Gasteiger partial charge in [0, 0.05) is 32.7 Å². The number of rotatable bonds is 5. The van der Waals surface area contributed by atoms with E-state index in [-0.39, 0.29) is 0 Å². The molecule has 1 aliphatic heterocycles. The van der Waals surface area contributed by atoms with E-state index in [0.29, 0.717) is 6.61 Å². The number of piperazine rings is 1. The van der Waals surface area contributed by atoms with E-state index in [9.17, 15) is 0 Å². The van der Waals surface area contributed by atoms with Gasteiger partial charge in [-0.3, -0.25) is 4.90 Å². The quantitative estimate of drug-likeness (QED) is 0.791. The van der Waals surface area contributed by atoms with Crippen molar-refractivity contribution in [2.75, 3.05) is 33.2 Å². The molecule has 2 aromatic rings. The Morgan fingerprint density at radius 2 is 1.70 bits per heavy atom. The summed E-state index contributed by atoms with van der Waals surface area (Å²) in [5, 5.41) is 0. The van der Waals surface area contributed by atoms with E-state index in [4.69, 9.17) is 4.74 Å². The third-order valence-corrected chi connectivity index (χ3v) is 5.17. The smallest absolute Gasteiger partial charge is 0.134 e. The zero-order valence-electron chi connectivity index (χ0n) is 13.5. The fourth-order valence-corrected chi connectivity index (χ4v) is 3.28. The molecular weight excluding hydrogens is 352 g/mol. The highest BCUT2D eigenvalue weighted by Gasteiger charge is 2.16. The number of nitrogens with zero attached hydrogens (tertiary/aromatic N) is 2. The average Bonchev–Trinajstić information content (AvgIpc) is 2.58. The maximum atomic E-state index is 6.00. The van der Waals surface area contributed by atoms with Crippen LogP contribution in [0.15, 0.2) is 53.0 Å². The van der Waals surface area contributed by atoms with Crippen LogP contribution in [0.5, 0.6) is 5.75 Å². The van der Waals surface area contributed by atoms with Gasteiger partial charge in [0.05, 0.1) is 4.47 Å². The summed E-state index contributed by atoms with van der Waals surface area (Å²) in [6, 6.07) is 16.6. The second-order valence-corrected chi connectivity index (χ2v) is 6.88. The topological polar surface area (TPSA) is 15.7 Å². The fraction of sp³-hybridized carbons (Fsp3) is 0.368. The minimum absolute atomic E-state index is 0.595. The predicted molar refractivity (Wildman–Crippen MR) is 97.7 cm³/mol. The number of likely N-dealkylation sites (N-methyl/N-ethyl adjacent to an activating group) is 1. The molecule has 0 atom stereocenters. The molecule has 23 heavy (non-hydrogen) atoms. The Labute approximate surface area is 147 Å². The van der Waals surface area contributed by atoms with E-state index in [1.165, 1.54) is 11.1 Å². The molecule has 0 saturated carbocycles.